The third-order valence-corrected chi connectivity index (χ3v) is 3.54. The summed E-state index contributed by atoms with van der Waals surface area (Å²) in [4.78, 5) is 6.84. The number of aromatic nitrogens is 1. The highest BCUT2D eigenvalue weighted by atomic mass is 79.9. The summed E-state index contributed by atoms with van der Waals surface area (Å²) in [6.07, 6.45) is 6.81. The van der Waals surface area contributed by atoms with Crippen LogP contribution in [0.25, 0.3) is 0 Å². The summed E-state index contributed by atoms with van der Waals surface area (Å²) in [7, 11) is 2.13. The van der Waals surface area contributed by atoms with Crippen LogP contribution in [0.4, 0.5) is 5.82 Å². The van der Waals surface area contributed by atoms with Gasteiger partial charge >= 0.3 is 0 Å². The van der Waals surface area contributed by atoms with Crippen LogP contribution in [-0.2, 0) is 6.54 Å². The van der Waals surface area contributed by atoms with Crippen LogP contribution in [0.1, 0.15) is 45.1 Å². The first-order chi connectivity index (χ1) is 9.19. The van der Waals surface area contributed by atoms with Gasteiger partial charge in [-0.1, -0.05) is 26.7 Å². The van der Waals surface area contributed by atoms with Gasteiger partial charge in [-0.25, -0.2) is 4.98 Å². The van der Waals surface area contributed by atoms with Gasteiger partial charge in [0.2, 0.25) is 0 Å². The number of halogens is 1. The van der Waals surface area contributed by atoms with Gasteiger partial charge < -0.3 is 10.2 Å². The fourth-order valence-corrected chi connectivity index (χ4v) is 2.43. The van der Waals surface area contributed by atoms with Crippen molar-refractivity contribution in [3.8, 4) is 0 Å². The Balaban J connectivity index is 2.68. The third kappa shape index (κ3) is 5.91. The molecule has 3 nitrogen and oxygen atoms in total. The second kappa shape index (κ2) is 9.32. The van der Waals surface area contributed by atoms with E-state index in [1.54, 1.807) is 0 Å². The molecule has 1 N–H and O–H groups in total. The Labute approximate surface area is 125 Å². The Bertz CT molecular complexity index is 368. The maximum Gasteiger partial charge on any atom is 0.132 e. The van der Waals surface area contributed by atoms with E-state index in [0.717, 1.165) is 36.3 Å². The van der Waals surface area contributed by atoms with Crippen molar-refractivity contribution >= 4 is 21.7 Å². The first-order valence-electron chi connectivity index (χ1n) is 7.25. The molecule has 1 aromatic heterocycles. The van der Waals surface area contributed by atoms with Crippen LogP contribution in [0.15, 0.2) is 16.7 Å². The summed E-state index contributed by atoms with van der Waals surface area (Å²) in [5.74, 6) is 1.10. The van der Waals surface area contributed by atoms with E-state index < -0.39 is 0 Å². The second-order valence-corrected chi connectivity index (χ2v) is 5.86. The van der Waals surface area contributed by atoms with E-state index in [0.29, 0.717) is 0 Å². The van der Waals surface area contributed by atoms with Crippen molar-refractivity contribution < 1.29 is 0 Å². The lowest BCUT2D eigenvalue weighted by Crippen LogP contribution is -2.23. The molecule has 0 bridgehead atoms. The molecule has 1 heterocycles. The van der Waals surface area contributed by atoms with Crippen LogP contribution in [0.2, 0.25) is 0 Å². The fourth-order valence-electron chi connectivity index (χ4n) is 2.05. The molecule has 19 heavy (non-hydrogen) atoms. The molecule has 0 atom stereocenters. The molecule has 0 saturated carbocycles. The first-order valence-corrected chi connectivity index (χ1v) is 8.04. The Morgan fingerprint density at radius 3 is 2.74 bits per heavy atom. The predicted molar refractivity (Wildman–Crippen MR) is 86.7 cm³/mol. The molecule has 0 radical (unpaired) electrons. The summed E-state index contributed by atoms with van der Waals surface area (Å²) in [5.41, 5.74) is 1.27. The van der Waals surface area contributed by atoms with Gasteiger partial charge in [0.1, 0.15) is 5.82 Å². The van der Waals surface area contributed by atoms with Crippen LogP contribution >= 0.6 is 15.9 Å². The van der Waals surface area contributed by atoms with Crippen molar-refractivity contribution in [3.05, 3.63) is 22.3 Å². The van der Waals surface area contributed by atoms with Gasteiger partial charge in [-0.15, -0.1) is 0 Å². The van der Waals surface area contributed by atoms with Gasteiger partial charge in [-0.05, 0) is 41.4 Å². The molecule has 0 spiro atoms. The SMILES string of the molecule is CCCCCN(C)c1ncc(Br)cc1CNCCC. The number of nitrogens with zero attached hydrogens (tertiary/aromatic N) is 2. The van der Waals surface area contributed by atoms with E-state index in [4.69, 9.17) is 0 Å². The topological polar surface area (TPSA) is 28.2 Å². The molecule has 4 heteroatoms. The maximum atomic E-state index is 4.57. The molecular formula is C15H26BrN3. The smallest absolute Gasteiger partial charge is 0.132 e. The summed E-state index contributed by atoms with van der Waals surface area (Å²) >= 11 is 3.51. The zero-order valence-corrected chi connectivity index (χ0v) is 14.0. The Kier molecular flexibility index (Phi) is 8.07. The molecule has 108 valence electrons. The van der Waals surface area contributed by atoms with Gasteiger partial charge in [-0.2, -0.15) is 0 Å². The van der Waals surface area contributed by atoms with Crippen LogP contribution in [0.3, 0.4) is 0 Å². The molecule has 0 aliphatic rings. The Morgan fingerprint density at radius 2 is 2.05 bits per heavy atom. The second-order valence-electron chi connectivity index (χ2n) is 4.94. The minimum absolute atomic E-state index is 0.883. The quantitative estimate of drug-likeness (QED) is 0.695. The highest BCUT2D eigenvalue weighted by molar-refractivity contribution is 9.10. The zero-order chi connectivity index (χ0) is 14.1. The van der Waals surface area contributed by atoms with Gasteiger partial charge in [0.25, 0.3) is 0 Å². The number of hydrogen-bond acceptors (Lipinski definition) is 3. The van der Waals surface area contributed by atoms with Gasteiger partial charge in [0, 0.05) is 36.4 Å². The fraction of sp³-hybridized carbons (Fsp3) is 0.667. The third-order valence-electron chi connectivity index (χ3n) is 3.11. The number of unbranched alkanes of at least 4 members (excludes halogenated alkanes) is 2. The van der Waals surface area contributed by atoms with Crippen molar-refractivity contribution in [2.45, 2.75) is 46.1 Å². The average Bonchev–Trinajstić information content (AvgIpc) is 2.39. The lowest BCUT2D eigenvalue weighted by atomic mass is 10.2. The molecule has 0 saturated heterocycles. The molecule has 1 rings (SSSR count). The van der Waals surface area contributed by atoms with Crippen LogP contribution in [-0.4, -0.2) is 25.1 Å². The monoisotopic (exact) mass is 327 g/mol. The maximum absolute atomic E-state index is 4.57. The Morgan fingerprint density at radius 1 is 1.26 bits per heavy atom. The lowest BCUT2D eigenvalue weighted by Gasteiger charge is -2.21. The highest BCUT2D eigenvalue weighted by Gasteiger charge is 2.09. The van der Waals surface area contributed by atoms with Crippen LogP contribution in [0.5, 0.6) is 0 Å². The van der Waals surface area contributed by atoms with Crippen LogP contribution in [0, 0.1) is 0 Å². The van der Waals surface area contributed by atoms with Crippen molar-refractivity contribution in [2.24, 2.45) is 0 Å². The highest BCUT2D eigenvalue weighted by Crippen LogP contribution is 2.21. The van der Waals surface area contributed by atoms with Gasteiger partial charge in [0.05, 0.1) is 0 Å². The van der Waals surface area contributed by atoms with E-state index in [1.807, 2.05) is 6.20 Å². The molecule has 1 aromatic rings. The van der Waals surface area contributed by atoms with Gasteiger partial charge in [-0.3, -0.25) is 0 Å². The first kappa shape index (κ1) is 16.4. The van der Waals surface area contributed by atoms with E-state index >= 15 is 0 Å². The number of nitrogens with one attached hydrogen (secondary N) is 1. The molecule has 0 aliphatic carbocycles. The normalized spacial score (nSPS) is 10.7. The van der Waals surface area contributed by atoms with Crippen molar-refractivity contribution in [1.29, 1.82) is 0 Å². The summed E-state index contributed by atoms with van der Waals surface area (Å²) < 4.78 is 1.05. The molecule has 0 aromatic carbocycles. The van der Waals surface area contributed by atoms with Crippen molar-refractivity contribution in [1.82, 2.24) is 10.3 Å². The lowest BCUT2D eigenvalue weighted by molar-refractivity contribution is 0.665. The molecule has 0 amide bonds. The predicted octanol–water partition coefficient (Wildman–Crippen LogP) is 3.97. The van der Waals surface area contributed by atoms with E-state index in [9.17, 15) is 0 Å². The number of hydrogen-bond donors (Lipinski definition) is 1. The summed E-state index contributed by atoms with van der Waals surface area (Å²) in [5, 5.41) is 3.45. The molecule has 0 unspecified atom stereocenters. The van der Waals surface area contributed by atoms with E-state index in [2.05, 4.69) is 58.1 Å². The molecular weight excluding hydrogens is 302 g/mol. The number of anilines is 1. The molecule has 0 fully saturated rings. The van der Waals surface area contributed by atoms with Gasteiger partial charge in [0.15, 0.2) is 0 Å². The van der Waals surface area contributed by atoms with Crippen molar-refractivity contribution in [3.63, 3.8) is 0 Å². The minimum Gasteiger partial charge on any atom is -0.359 e. The van der Waals surface area contributed by atoms with E-state index in [1.165, 1.54) is 24.8 Å². The van der Waals surface area contributed by atoms with Crippen LogP contribution < -0.4 is 10.2 Å². The van der Waals surface area contributed by atoms with E-state index in [-0.39, 0.29) is 0 Å². The minimum atomic E-state index is 0.883. The zero-order valence-electron chi connectivity index (χ0n) is 12.4. The Hall–Kier alpha value is -0.610. The molecule has 0 aliphatic heterocycles. The number of pyridine rings is 1. The summed E-state index contributed by atoms with van der Waals surface area (Å²) in [6.45, 7) is 7.42. The van der Waals surface area contributed by atoms with Crippen molar-refractivity contribution in [2.75, 3.05) is 25.0 Å². The largest absolute Gasteiger partial charge is 0.359 e. The standard InChI is InChI=1S/C15H26BrN3/c1-4-6-7-9-19(3)15-13(11-17-8-5-2)10-14(16)12-18-15/h10,12,17H,4-9,11H2,1-3H3. The number of rotatable bonds is 9. The average molecular weight is 328 g/mol. The summed E-state index contributed by atoms with van der Waals surface area (Å²) in [6, 6.07) is 2.17.